The molecule has 0 radical (unpaired) electrons. The lowest BCUT2D eigenvalue weighted by molar-refractivity contribution is -0.138. The van der Waals surface area contributed by atoms with Crippen molar-refractivity contribution < 1.29 is 14.6 Å². The Labute approximate surface area is 171 Å². The minimum atomic E-state index is -0.686. The van der Waals surface area contributed by atoms with E-state index >= 15 is 0 Å². The Hall–Kier alpha value is -1.81. The summed E-state index contributed by atoms with van der Waals surface area (Å²) in [6.07, 6.45) is 3.14. The Balaban J connectivity index is 1.86. The van der Waals surface area contributed by atoms with Crippen LogP contribution in [-0.4, -0.2) is 18.2 Å². The highest BCUT2D eigenvalue weighted by molar-refractivity contribution is 7.16. The van der Waals surface area contributed by atoms with Crippen LogP contribution in [0.3, 0.4) is 0 Å². The van der Waals surface area contributed by atoms with E-state index in [1.165, 1.54) is 33.7 Å². The quantitative estimate of drug-likeness (QED) is 0.660. The summed E-state index contributed by atoms with van der Waals surface area (Å²) in [7, 11) is 1.71. The number of methoxy groups -OCH3 is 1. The molecule has 1 N–H and O–H groups in total. The number of aliphatic carboxylic acids is 1. The SMILES string of the molecule is COc1ccc(C2CC2C(=O)O)cc1-c1sc2c(c1C)C(C)(C)CCC2(C)C. The van der Waals surface area contributed by atoms with Gasteiger partial charge in [0.1, 0.15) is 5.75 Å². The Morgan fingerprint density at radius 1 is 1.18 bits per heavy atom. The van der Waals surface area contributed by atoms with E-state index in [1.54, 1.807) is 7.11 Å². The zero-order chi connectivity index (χ0) is 20.4. The van der Waals surface area contributed by atoms with Gasteiger partial charge in [0.15, 0.2) is 0 Å². The smallest absolute Gasteiger partial charge is 0.307 e. The van der Waals surface area contributed by atoms with E-state index in [-0.39, 0.29) is 22.7 Å². The lowest BCUT2D eigenvalue weighted by atomic mass is 9.66. The molecule has 0 spiro atoms. The van der Waals surface area contributed by atoms with Gasteiger partial charge >= 0.3 is 5.97 Å². The van der Waals surface area contributed by atoms with Crippen LogP contribution >= 0.6 is 11.3 Å². The van der Waals surface area contributed by atoms with Gasteiger partial charge in [0.05, 0.1) is 13.0 Å². The molecule has 0 bridgehead atoms. The summed E-state index contributed by atoms with van der Waals surface area (Å²) >= 11 is 1.91. The van der Waals surface area contributed by atoms with E-state index in [9.17, 15) is 9.90 Å². The number of benzene rings is 1. The molecule has 0 saturated heterocycles. The Morgan fingerprint density at radius 3 is 2.43 bits per heavy atom. The first-order chi connectivity index (χ1) is 13.1. The number of fused-ring (bicyclic) bond motifs is 1. The highest BCUT2D eigenvalue weighted by Gasteiger charge is 2.45. The molecule has 0 aliphatic heterocycles. The third kappa shape index (κ3) is 2.97. The number of hydrogen-bond donors (Lipinski definition) is 1. The van der Waals surface area contributed by atoms with Crippen molar-refractivity contribution in [1.29, 1.82) is 0 Å². The van der Waals surface area contributed by atoms with Crippen LogP contribution in [0.2, 0.25) is 0 Å². The fourth-order valence-corrected chi connectivity index (χ4v) is 6.53. The van der Waals surface area contributed by atoms with Crippen molar-refractivity contribution in [1.82, 2.24) is 0 Å². The van der Waals surface area contributed by atoms with Gasteiger partial charge in [0, 0.05) is 15.3 Å². The second-order valence-corrected chi connectivity index (χ2v) is 10.8. The molecule has 1 saturated carbocycles. The van der Waals surface area contributed by atoms with Crippen LogP contribution in [0.15, 0.2) is 18.2 Å². The number of ether oxygens (including phenoxy) is 1. The molecule has 1 aromatic carbocycles. The third-order valence-electron chi connectivity index (χ3n) is 6.82. The van der Waals surface area contributed by atoms with Crippen molar-refractivity contribution in [3.63, 3.8) is 0 Å². The second-order valence-electron chi connectivity index (χ2n) is 9.77. The molecule has 1 aromatic heterocycles. The van der Waals surface area contributed by atoms with E-state index < -0.39 is 5.97 Å². The molecule has 4 heteroatoms. The van der Waals surface area contributed by atoms with E-state index in [2.05, 4.69) is 40.7 Å². The maximum atomic E-state index is 11.3. The van der Waals surface area contributed by atoms with E-state index in [4.69, 9.17) is 4.74 Å². The predicted molar refractivity (Wildman–Crippen MR) is 115 cm³/mol. The fraction of sp³-hybridized carbons (Fsp3) is 0.542. The zero-order valence-corrected chi connectivity index (χ0v) is 18.5. The summed E-state index contributed by atoms with van der Waals surface area (Å²) in [5, 5.41) is 9.32. The van der Waals surface area contributed by atoms with Crippen molar-refractivity contribution in [2.45, 2.75) is 70.6 Å². The van der Waals surface area contributed by atoms with Crippen molar-refractivity contribution in [3.8, 4) is 16.2 Å². The summed E-state index contributed by atoms with van der Waals surface area (Å²) in [6, 6.07) is 6.22. The van der Waals surface area contributed by atoms with E-state index in [0.29, 0.717) is 0 Å². The molecule has 0 amide bonds. The van der Waals surface area contributed by atoms with Gasteiger partial charge in [0.2, 0.25) is 0 Å². The molecule has 2 atom stereocenters. The van der Waals surface area contributed by atoms with Crippen molar-refractivity contribution >= 4 is 17.3 Å². The van der Waals surface area contributed by atoms with Crippen LogP contribution in [0.1, 0.15) is 74.4 Å². The molecule has 2 aromatic rings. The third-order valence-corrected chi connectivity index (χ3v) is 8.51. The summed E-state index contributed by atoms with van der Waals surface area (Å²) in [5.41, 5.74) is 5.46. The summed E-state index contributed by atoms with van der Waals surface area (Å²) < 4.78 is 5.71. The number of carbonyl (C=O) groups is 1. The van der Waals surface area contributed by atoms with Gasteiger partial charge in [-0.1, -0.05) is 33.8 Å². The fourth-order valence-electron chi connectivity index (χ4n) is 4.90. The highest BCUT2D eigenvalue weighted by Crippen LogP contribution is 2.55. The average Bonchev–Trinajstić information content (AvgIpc) is 3.35. The van der Waals surface area contributed by atoms with Crippen LogP contribution < -0.4 is 4.74 Å². The zero-order valence-electron chi connectivity index (χ0n) is 17.7. The van der Waals surface area contributed by atoms with E-state index in [0.717, 1.165) is 23.3 Å². The predicted octanol–water partition coefficient (Wildman–Crippen LogP) is 6.27. The molecular weight excluding hydrogens is 368 g/mol. The van der Waals surface area contributed by atoms with E-state index in [1.807, 2.05) is 23.5 Å². The topological polar surface area (TPSA) is 46.5 Å². The Kier molecular flexibility index (Phi) is 4.42. The lowest BCUT2D eigenvalue weighted by Crippen LogP contribution is -2.32. The largest absolute Gasteiger partial charge is 0.496 e. The molecule has 2 aliphatic rings. The van der Waals surface area contributed by atoms with Gasteiger partial charge in [0.25, 0.3) is 0 Å². The summed E-state index contributed by atoms with van der Waals surface area (Å²) in [4.78, 5) is 14.1. The standard InChI is InChI=1S/C24H30O3S/c1-13-19-21(24(4,5)10-9-23(19,2)3)28-20(13)17-11-14(7-8-18(17)27-6)15-12-16(15)22(25)26/h7-8,11,15-16H,9-10,12H2,1-6H3,(H,25,26). The number of carboxylic acids is 1. The minimum absolute atomic E-state index is 0.130. The van der Waals surface area contributed by atoms with Crippen LogP contribution in [0.25, 0.3) is 10.4 Å². The molecular formula is C24H30O3S. The normalized spacial score (nSPS) is 24.5. The van der Waals surface area contributed by atoms with Crippen LogP contribution in [-0.2, 0) is 15.6 Å². The van der Waals surface area contributed by atoms with Gasteiger partial charge in [-0.3, -0.25) is 4.79 Å². The van der Waals surface area contributed by atoms with Crippen LogP contribution in [0.4, 0.5) is 0 Å². The molecule has 1 fully saturated rings. The molecule has 150 valence electrons. The second kappa shape index (κ2) is 6.35. The van der Waals surface area contributed by atoms with Crippen LogP contribution in [0, 0.1) is 12.8 Å². The molecule has 3 nitrogen and oxygen atoms in total. The van der Waals surface area contributed by atoms with Crippen molar-refractivity contribution in [2.75, 3.05) is 7.11 Å². The number of thiophene rings is 1. The molecule has 1 heterocycles. The maximum absolute atomic E-state index is 11.3. The first kappa shape index (κ1) is 19.5. The molecule has 2 aliphatic carbocycles. The Morgan fingerprint density at radius 2 is 1.86 bits per heavy atom. The summed E-state index contributed by atoms with van der Waals surface area (Å²) in [6.45, 7) is 11.7. The summed E-state index contributed by atoms with van der Waals surface area (Å²) in [5.74, 6) is 0.0731. The maximum Gasteiger partial charge on any atom is 0.307 e. The highest BCUT2D eigenvalue weighted by atomic mass is 32.1. The van der Waals surface area contributed by atoms with Gasteiger partial charge in [-0.15, -0.1) is 11.3 Å². The number of rotatable bonds is 4. The molecule has 28 heavy (non-hydrogen) atoms. The molecule has 2 unspecified atom stereocenters. The van der Waals surface area contributed by atoms with Gasteiger partial charge in [-0.05, 0) is 71.8 Å². The first-order valence-corrected chi connectivity index (χ1v) is 10.9. The number of carboxylic acid groups (broad SMARTS) is 1. The van der Waals surface area contributed by atoms with Gasteiger partial charge in [-0.25, -0.2) is 0 Å². The van der Waals surface area contributed by atoms with Crippen molar-refractivity contribution in [3.05, 3.63) is 39.8 Å². The van der Waals surface area contributed by atoms with Gasteiger partial charge < -0.3 is 9.84 Å². The van der Waals surface area contributed by atoms with Crippen molar-refractivity contribution in [2.24, 2.45) is 5.92 Å². The Bertz CT molecular complexity index is 951. The first-order valence-electron chi connectivity index (χ1n) is 10.1. The monoisotopic (exact) mass is 398 g/mol. The lowest BCUT2D eigenvalue weighted by Gasteiger charge is -2.39. The van der Waals surface area contributed by atoms with Gasteiger partial charge in [-0.2, -0.15) is 0 Å². The molecule has 4 rings (SSSR count). The number of hydrogen-bond acceptors (Lipinski definition) is 3. The minimum Gasteiger partial charge on any atom is -0.496 e. The van der Waals surface area contributed by atoms with Crippen LogP contribution in [0.5, 0.6) is 5.75 Å². The average molecular weight is 399 g/mol.